The number of nitrogens with one attached hydrogen (secondary N) is 1. The Kier molecular flexibility index (Phi) is 6.31. The number of pyridine rings is 1. The molecule has 1 aliphatic carbocycles. The van der Waals surface area contributed by atoms with E-state index in [1.807, 2.05) is 18.2 Å². The number of halogens is 3. The second kappa shape index (κ2) is 9.13. The van der Waals surface area contributed by atoms with E-state index in [9.17, 15) is 18.0 Å². The number of rotatable bonds is 8. The highest BCUT2D eigenvalue weighted by Gasteiger charge is 2.32. The van der Waals surface area contributed by atoms with Gasteiger partial charge < -0.3 is 19.7 Å². The second-order valence-corrected chi connectivity index (χ2v) is 7.93. The van der Waals surface area contributed by atoms with Crippen LogP contribution in [0.1, 0.15) is 25.0 Å². The van der Waals surface area contributed by atoms with Gasteiger partial charge in [0, 0.05) is 30.9 Å². The molecule has 0 radical (unpaired) electrons. The smallest absolute Gasteiger partial charge is 0.433 e. The summed E-state index contributed by atoms with van der Waals surface area (Å²) in [7, 11) is 0. The van der Waals surface area contributed by atoms with Crippen LogP contribution in [0.25, 0.3) is 0 Å². The summed E-state index contributed by atoms with van der Waals surface area (Å²) in [4.78, 5) is 17.6. The predicted octanol–water partition coefficient (Wildman–Crippen LogP) is 4.01. The van der Waals surface area contributed by atoms with E-state index in [0.29, 0.717) is 24.8 Å². The Bertz CT molecular complexity index is 901. The largest absolute Gasteiger partial charge is 0.456 e. The molecule has 1 aliphatic heterocycles. The van der Waals surface area contributed by atoms with Gasteiger partial charge in [0.2, 0.25) is 5.91 Å². The van der Waals surface area contributed by atoms with Crippen LogP contribution in [-0.4, -0.2) is 43.2 Å². The number of carbonyl (C=O) groups is 1. The maximum atomic E-state index is 12.6. The van der Waals surface area contributed by atoms with Crippen LogP contribution in [0.2, 0.25) is 0 Å². The number of aromatic nitrogens is 1. The summed E-state index contributed by atoms with van der Waals surface area (Å²) in [5.74, 6) is 1.25. The fraction of sp³-hybridized carbons (Fsp3) is 0.455. The summed E-state index contributed by atoms with van der Waals surface area (Å²) >= 11 is 0. The Morgan fingerprint density at radius 1 is 1.16 bits per heavy atom. The molecule has 31 heavy (non-hydrogen) atoms. The van der Waals surface area contributed by atoms with Gasteiger partial charge in [-0.1, -0.05) is 6.07 Å². The highest BCUT2D eigenvalue weighted by atomic mass is 19.4. The van der Waals surface area contributed by atoms with Gasteiger partial charge in [0.25, 0.3) is 0 Å². The molecular weight excluding hydrogens is 411 g/mol. The number of nitrogens with zero attached hydrogens (tertiary/aromatic N) is 2. The van der Waals surface area contributed by atoms with Gasteiger partial charge in [0.1, 0.15) is 23.8 Å². The molecule has 0 bridgehead atoms. The zero-order valence-electron chi connectivity index (χ0n) is 16.9. The van der Waals surface area contributed by atoms with Crippen LogP contribution in [0.3, 0.4) is 0 Å². The van der Waals surface area contributed by atoms with Crippen LogP contribution in [0.5, 0.6) is 11.5 Å². The molecule has 1 atom stereocenters. The summed E-state index contributed by atoms with van der Waals surface area (Å²) in [6.45, 7) is 2.20. The van der Waals surface area contributed by atoms with E-state index in [1.165, 1.54) is 18.9 Å². The third-order valence-electron chi connectivity index (χ3n) is 5.28. The standard InChI is InChI=1S/C22H24F3N3O3/c23-22(24,25)20-7-6-19(11-26-20)31-18-3-1-2-17(10-18)28-9-8-16(12-28)27-21(29)14-30-13-15-4-5-15/h1-3,6-7,10-11,15-16H,4-5,8-9,12-14H2,(H,27,29)/t16-/m0/s1. The predicted molar refractivity (Wildman–Crippen MR) is 108 cm³/mol. The van der Waals surface area contributed by atoms with E-state index in [-0.39, 0.29) is 24.3 Å². The van der Waals surface area contributed by atoms with Crippen molar-refractivity contribution in [2.75, 3.05) is 31.2 Å². The van der Waals surface area contributed by atoms with Crippen molar-refractivity contribution < 1.29 is 27.4 Å². The van der Waals surface area contributed by atoms with Gasteiger partial charge in [-0.25, -0.2) is 4.98 Å². The minimum absolute atomic E-state index is 0.0423. The Morgan fingerprint density at radius 2 is 2.00 bits per heavy atom. The number of anilines is 1. The first-order valence-electron chi connectivity index (χ1n) is 10.3. The number of hydrogen-bond acceptors (Lipinski definition) is 5. The molecular formula is C22H24F3N3O3. The fourth-order valence-electron chi connectivity index (χ4n) is 3.47. The topological polar surface area (TPSA) is 63.7 Å². The van der Waals surface area contributed by atoms with E-state index < -0.39 is 11.9 Å². The van der Waals surface area contributed by atoms with Gasteiger partial charge in [0.05, 0.1) is 12.8 Å². The van der Waals surface area contributed by atoms with Gasteiger partial charge >= 0.3 is 6.18 Å². The summed E-state index contributed by atoms with van der Waals surface area (Å²) in [6, 6.07) is 9.48. The van der Waals surface area contributed by atoms with Gasteiger partial charge in [-0.3, -0.25) is 4.79 Å². The van der Waals surface area contributed by atoms with Crippen molar-refractivity contribution in [1.29, 1.82) is 0 Å². The van der Waals surface area contributed by atoms with E-state index >= 15 is 0 Å². The van der Waals surface area contributed by atoms with Crippen LogP contribution < -0.4 is 15.0 Å². The summed E-state index contributed by atoms with van der Waals surface area (Å²) in [5.41, 5.74) is -0.0456. The first-order valence-corrected chi connectivity index (χ1v) is 10.3. The SMILES string of the molecule is O=C(COCC1CC1)N[C@H]1CCN(c2cccc(Oc3ccc(C(F)(F)F)nc3)c2)C1. The lowest BCUT2D eigenvalue weighted by Gasteiger charge is -2.20. The first-order chi connectivity index (χ1) is 14.9. The van der Waals surface area contributed by atoms with Crippen molar-refractivity contribution >= 4 is 11.6 Å². The minimum Gasteiger partial charge on any atom is -0.456 e. The number of alkyl halides is 3. The quantitative estimate of drug-likeness (QED) is 0.679. The van der Waals surface area contributed by atoms with Crippen LogP contribution in [0.4, 0.5) is 18.9 Å². The lowest BCUT2D eigenvalue weighted by Crippen LogP contribution is -2.39. The molecule has 1 N–H and O–H groups in total. The van der Waals surface area contributed by atoms with E-state index in [4.69, 9.17) is 9.47 Å². The average Bonchev–Trinajstić information content (AvgIpc) is 3.44. The van der Waals surface area contributed by atoms with Gasteiger partial charge in [0.15, 0.2) is 0 Å². The molecule has 166 valence electrons. The number of hydrogen-bond donors (Lipinski definition) is 1. The Balaban J connectivity index is 1.29. The lowest BCUT2D eigenvalue weighted by molar-refractivity contribution is -0.141. The third kappa shape index (κ3) is 6.10. The Morgan fingerprint density at radius 3 is 2.71 bits per heavy atom. The third-order valence-corrected chi connectivity index (χ3v) is 5.28. The average molecular weight is 435 g/mol. The van der Waals surface area contributed by atoms with Crippen molar-refractivity contribution in [3.8, 4) is 11.5 Å². The molecule has 0 unspecified atom stereocenters. The summed E-state index contributed by atoms with van der Waals surface area (Å²) in [6.07, 6.45) is -0.220. The maximum absolute atomic E-state index is 12.6. The molecule has 9 heteroatoms. The molecule has 1 amide bonds. The monoisotopic (exact) mass is 435 g/mol. The molecule has 2 aliphatic rings. The highest BCUT2D eigenvalue weighted by molar-refractivity contribution is 5.77. The Hall–Kier alpha value is -2.81. The van der Waals surface area contributed by atoms with Crippen molar-refractivity contribution in [1.82, 2.24) is 10.3 Å². The van der Waals surface area contributed by atoms with Crippen LogP contribution in [0.15, 0.2) is 42.6 Å². The van der Waals surface area contributed by atoms with E-state index in [1.54, 1.807) is 6.07 Å². The zero-order chi connectivity index (χ0) is 21.8. The van der Waals surface area contributed by atoms with Crippen LogP contribution in [-0.2, 0) is 15.7 Å². The van der Waals surface area contributed by atoms with Crippen molar-refractivity contribution in [2.45, 2.75) is 31.5 Å². The minimum atomic E-state index is -4.48. The van der Waals surface area contributed by atoms with E-state index in [2.05, 4.69) is 15.2 Å². The van der Waals surface area contributed by atoms with Gasteiger partial charge in [-0.2, -0.15) is 13.2 Å². The van der Waals surface area contributed by atoms with Crippen molar-refractivity contribution in [3.05, 3.63) is 48.3 Å². The van der Waals surface area contributed by atoms with Crippen LogP contribution in [0, 0.1) is 5.92 Å². The molecule has 1 aromatic heterocycles. The molecule has 2 fully saturated rings. The lowest BCUT2D eigenvalue weighted by atomic mass is 10.2. The normalized spacial score (nSPS) is 18.8. The van der Waals surface area contributed by atoms with Crippen molar-refractivity contribution in [3.63, 3.8) is 0 Å². The van der Waals surface area contributed by atoms with Gasteiger partial charge in [-0.05, 0) is 49.4 Å². The zero-order valence-corrected chi connectivity index (χ0v) is 16.9. The number of benzene rings is 1. The molecule has 1 saturated heterocycles. The summed E-state index contributed by atoms with van der Waals surface area (Å²) in [5, 5.41) is 3.01. The van der Waals surface area contributed by atoms with Crippen LogP contribution >= 0.6 is 0 Å². The highest BCUT2D eigenvalue weighted by Crippen LogP contribution is 2.31. The molecule has 2 heterocycles. The Labute approximate surface area is 178 Å². The second-order valence-electron chi connectivity index (χ2n) is 7.93. The number of ether oxygens (including phenoxy) is 2. The first kappa shape index (κ1) is 21.4. The van der Waals surface area contributed by atoms with Crippen molar-refractivity contribution in [2.24, 2.45) is 5.92 Å². The molecule has 0 spiro atoms. The number of amides is 1. The molecule has 2 aromatic rings. The fourth-order valence-corrected chi connectivity index (χ4v) is 3.47. The number of carbonyl (C=O) groups excluding carboxylic acids is 1. The van der Waals surface area contributed by atoms with Gasteiger partial charge in [-0.15, -0.1) is 0 Å². The molecule has 4 rings (SSSR count). The van der Waals surface area contributed by atoms with E-state index in [0.717, 1.165) is 30.9 Å². The summed E-state index contributed by atoms with van der Waals surface area (Å²) < 4.78 is 49.0. The molecule has 1 saturated carbocycles. The molecule has 6 nitrogen and oxygen atoms in total. The maximum Gasteiger partial charge on any atom is 0.433 e. The molecule has 1 aromatic carbocycles.